The van der Waals surface area contributed by atoms with Crippen LogP contribution in [0, 0.1) is 18.3 Å². The van der Waals surface area contributed by atoms with Crippen molar-refractivity contribution in [3.63, 3.8) is 0 Å². The smallest absolute Gasteiger partial charge is 0.237 e. The molecule has 1 aromatic heterocycles. The van der Waals surface area contributed by atoms with Gasteiger partial charge in [-0.3, -0.25) is 9.89 Å². The summed E-state index contributed by atoms with van der Waals surface area (Å²) in [6.45, 7) is 4.48. The lowest BCUT2D eigenvalue weighted by atomic mass is 10.1. The quantitative estimate of drug-likeness (QED) is 0.562. The lowest BCUT2D eigenvalue weighted by Crippen LogP contribution is -2.33. The second-order valence-electron chi connectivity index (χ2n) is 6.59. The van der Waals surface area contributed by atoms with Gasteiger partial charge >= 0.3 is 0 Å². The molecule has 3 aromatic rings. The molecular weight excluding hydrogens is 382 g/mol. The highest BCUT2D eigenvalue weighted by atomic mass is 32.2. The summed E-state index contributed by atoms with van der Waals surface area (Å²) in [5.74, 6) is 0.806. The highest BCUT2D eigenvalue weighted by molar-refractivity contribution is 7.99. The number of anilines is 1. The predicted molar refractivity (Wildman–Crippen MR) is 116 cm³/mol. The van der Waals surface area contributed by atoms with Crippen molar-refractivity contribution in [2.45, 2.75) is 31.8 Å². The van der Waals surface area contributed by atoms with Gasteiger partial charge in [-0.1, -0.05) is 60.6 Å². The van der Waals surface area contributed by atoms with Crippen molar-refractivity contribution in [2.75, 3.05) is 17.2 Å². The Morgan fingerprint density at radius 1 is 1.17 bits per heavy atom. The minimum absolute atomic E-state index is 0.0762. The van der Waals surface area contributed by atoms with Gasteiger partial charge in [0.05, 0.1) is 18.2 Å². The van der Waals surface area contributed by atoms with Crippen LogP contribution in [0.3, 0.4) is 0 Å². The number of H-pyrrole nitrogens is 1. The normalized spacial score (nSPS) is 10.5. The molecule has 3 rings (SSSR count). The zero-order chi connectivity index (χ0) is 20.6. The van der Waals surface area contributed by atoms with E-state index in [0.29, 0.717) is 17.5 Å². The minimum atomic E-state index is -0.0762. The van der Waals surface area contributed by atoms with Crippen molar-refractivity contribution >= 4 is 23.4 Å². The number of nitriles is 1. The molecule has 1 N–H and O–H groups in total. The van der Waals surface area contributed by atoms with Crippen LogP contribution in [0.15, 0.2) is 53.7 Å². The number of carbonyl (C=O) groups excluding carboxylic acids is 1. The maximum Gasteiger partial charge on any atom is 0.237 e. The first-order chi connectivity index (χ1) is 14.1. The van der Waals surface area contributed by atoms with Crippen molar-refractivity contribution in [1.29, 1.82) is 5.26 Å². The Morgan fingerprint density at radius 3 is 2.55 bits per heavy atom. The van der Waals surface area contributed by atoms with Gasteiger partial charge in [0.15, 0.2) is 5.82 Å². The summed E-state index contributed by atoms with van der Waals surface area (Å²) in [6.07, 6.45) is 1.27. The van der Waals surface area contributed by atoms with Crippen LogP contribution in [0.2, 0.25) is 0 Å². The molecule has 1 heterocycles. The SMILES string of the molecule is CCc1ccc(-c2nc(SCC(=O)N(CCC#N)c3ccc(C)cc3)n[nH]2)cc1. The molecule has 0 fully saturated rings. The van der Waals surface area contributed by atoms with Crippen LogP contribution in [0.5, 0.6) is 0 Å². The maximum atomic E-state index is 12.8. The summed E-state index contributed by atoms with van der Waals surface area (Å²) in [6, 6.07) is 18.0. The van der Waals surface area contributed by atoms with Gasteiger partial charge in [-0.2, -0.15) is 5.26 Å². The predicted octanol–water partition coefficient (Wildman–Crippen LogP) is 4.38. The number of benzene rings is 2. The molecule has 6 nitrogen and oxygen atoms in total. The average Bonchev–Trinajstić information content (AvgIpc) is 3.23. The first-order valence-corrected chi connectivity index (χ1v) is 10.5. The Kier molecular flexibility index (Phi) is 7.04. The highest BCUT2D eigenvalue weighted by Crippen LogP contribution is 2.22. The van der Waals surface area contributed by atoms with Gasteiger partial charge in [-0.05, 0) is 31.0 Å². The molecule has 1 amide bonds. The molecule has 0 unspecified atom stereocenters. The maximum absolute atomic E-state index is 12.8. The lowest BCUT2D eigenvalue weighted by molar-refractivity contribution is -0.116. The van der Waals surface area contributed by atoms with E-state index in [1.165, 1.54) is 17.3 Å². The fraction of sp³-hybridized carbons (Fsp3) is 0.273. The molecule has 2 aromatic carbocycles. The van der Waals surface area contributed by atoms with E-state index >= 15 is 0 Å². The number of aryl methyl sites for hydroxylation is 2. The van der Waals surface area contributed by atoms with Crippen LogP contribution in [0.4, 0.5) is 5.69 Å². The van der Waals surface area contributed by atoms with Gasteiger partial charge in [0, 0.05) is 17.8 Å². The molecule has 0 saturated carbocycles. The van der Waals surface area contributed by atoms with Crippen molar-refractivity contribution in [3.8, 4) is 17.5 Å². The summed E-state index contributed by atoms with van der Waals surface area (Å²) in [5.41, 5.74) is 4.14. The van der Waals surface area contributed by atoms with Gasteiger partial charge in [0.1, 0.15) is 0 Å². The van der Waals surface area contributed by atoms with Crippen molar-refractivity contribution in [2.24, 2.45) is 0 Å². The molecule has 0 aliphatic rings. The topological polar surface area (TPSA) is 85.7 Å². The summed E-state index contributed by atoms with van der Waals surface area (Å²) in [4.78, 5) is 18.9. The van der Waals surface area contributed by atoms with Crippen LogP contribution >= 0.6 is 11.8 Å². The number of aromatic amines is 1. The number of nitrogens with one attached hydrogen (secondary N) is 1. The van der Waals surface area contributed by atoms with Crippen LogP contribution in [-0.4, -0.2) is 33.4 Å². The van der Waals surface area contributed by atoms with E-state index in [1.807, 2.05) is 43.3 Å². The second kappa shape index (κ2) is 9.89. The summed E-state index contributed by atoms with van der Waals surface area (Å²) < 4.78 is 0. The molecule has 0 radical (unpaired) electrons. The standard InChI is InChI=1S/C22H23N5OS/c1-3-17-7-9-18(10-8-17)21-24-22(26-25-21)29-15-20(28)27(14-4-13-23)19-11-5-16(2)6-12-19/h5-12H,3-4,14-15H2,1-2H3,(H,24,25,26). The lowest BCUT2D eigenvalue weighted by Gasteiger charge is -2.21. The Morgan fingerprint density at radius 2 is 1.90 bits per heavy atom. The molecule has 0 atom stereocenters. The van der Waals surface area contributed by atoms with Gasteiger partial charge in [-0.25, -0.2) is 4.98 Å². The fourth-order valence-electron chi connectivity index (χ4n) is 2.83. The van der Waals surface area contributed by atoms with Crippen molar-refractivity contribution in [3.05, 3.63) is 59.7 Å². The van der Waals surface area contributed by atoms with E-state index in [9.17, 15) is 4.79 Å². The molecule has 0 aliphatic carbocycles. The second-order valence-corrected chi connectivity index (χ2v) is 7.54. The Balaban J connectivity index is 1.65. The van der Waals surface area contributed by atoms with E-state index in [4.69, 9.17) is 5.26 Å². The van der Waals surface area contributed by atoms with Crippen LogP contribution in [0.25, 0.3) is 11.4 Å². The number of amides is 1. The Hall–Kier alpha value is -3.11. The van der Waals surface area contributed by atoms with Crippen LogP contribution < -0.4 is 4.90 Å². The molecule has 0 saturated heterocycles. The van der Waals surface area contributed by atoms with E-state index < -0.39 is 0 Å². The molecule has 7 heteroatoms. The third-order valence-electron chi connectivity index (χ3n) is 4.52. The highest BCUT2D eigenvalue weighted by Gasteiger charge is 2.17. The summed E-state index contributed by atoms with van der Waals surface area (Å²) in [7, 11) is 0. The number of hydrogen-bond donors (Lipinski definition) is 1. The first kappa shape index (κ1) is 20.6. The molecule has 0 bridgehead atoms. The zero-order valence-corrected chi connectivity index (χ0v) is 17.4. The number of hydrogen-bond acceptors (Lipinski definition) is 5. The third kappa shape index (κ3) is 5.46. The van der Waals surface area contributed by atoms with Crippen molar-refractivity contribution < 1.29 is 4.79 Å². The molecule has 148 valence electrons. The molecule has 0 aliphatic heterocycles. The van der Waals surface area contributed by atoms with Gasteiger partial charge in [0.25, 0.3) is 0 Å². The number of thioether (sulfide) groups is 1. The van der Waals surface area contributed by atoms with Crippen molar-refractivity contribution in [1.82, 2.24) is 15.2 Å². The van der Waals surface area contributed by atoms with E-state index in [2.05, 4.69) is 40.3 Å². The zero-order valence-electron chi connectivity index (χ0n) is 16.6. The average molecular weight is 406 g/mol. The number of nitrogens with zero attached hydrogens (tertiary/aromatic N) is 4. The number of carbonyl (C=O) groups is 1. The van der Waals surface area contributed by atoms with E-state index in [0.717, 1.165) is 23.2 Å². The Bertz CT molecular complexity index is 989. The Labute approximate surface area is 175 Å². The summed E-state index contributed by atoms with van der Waals surface area (Å²) >= 11 is 1.28. The van der Waals surface area contributed by atoms with E-state index in [-0.39, 0.29) is 18.1 Å². The monoisotopic (exact) mass is 405 g/mol. The van der Waals surface area contributed by atoms with Crippen LogP contribution in [0.1, 0.15) is 24.5 Å². The van der Waals surface area contributed by atoms with Gasteiger partial charge < -0.3 is 4.90 Å². The fourth-order valence-corrected chi connectivity index (χ4v) is 3.50. The first-order valence-electron chi connectivity index (χ1n) is 9.49. The molecular formula is C22H23N5OS. The minimum Gasteiger partial charge on any atom is -0.311 e. The number of aromatic nitrogens is 3. The molecule has 0 spiro atoms. The van der Waals surface area contributed by atoms with Gasteiger partial charge in [0.2, 0.25) is 11.1 Å². The van der Waals surface area contributed by atoms with E-state index in [1.54, 1.807) is 4.90 Å². The van der Waals surface area contributed by atoms with Gasteiger partial charge in [-0.15, -0.1) is 5.10 Å². The summed E-state index contributed by atoms with van der Waals surface area (Å²) in [5, 5.41) is 16.6. The number of rotatable bonds is 8. The molecule has 29 heavy (non-hydrogen) atoms. The largest absolute Gasteiger partial charge is 0.311 e. The van der Waals surface area contributed by atoms with Crippen LogP contribution in [-0.2, 0) is 11.2 Å². The third-order valence-corrected chi connectivity index (χ3v) is 5.35.